The van der Waals surface area contributed by atoms with Gasteiger partial charge in [0.15, 0.2) is 0 Å². The van der Waals surface area contributed by atoms with Crippen LogP contribution in [0.5, 0.6) is 0 Å². The summed E-state index contributed by atoms with van der Waals surface area (Å²) in [5, 5.41) is 0. The highest BCUT2D eigenvalue weighted by Crippen LogP contribution is 2.24. The predicted octanol–water partition coefficient (Wildman–Crippen LogP) is 1.82. The van der Waals surface area contributed by atoms with E-state index >= 15 is 0 Å². The lowest BCUT2D eigenvalue weighted by molar-refractivity contribution is 0.0953. The Balaban J connectivity index is 2.61. The molecule has 92 valence electrons. The molecule has 1 amide bonds. The van der Waals surface area contributed by atoms with Gasteiger partial charge in [0.2, 0.25) is 0 Å². The third kappa shape index (κ3) is 2.55. The van der Waals surface area contributed by atoms with Gasteiger partial charge in [-0.25, -0.2) is 15.8 Å². The van der Waals surface area contributed by atoms with Crippen molar-refractivity contribution in [1.29, 1.82) is 0 Å². The number of carbonyl (C=O) groups excluding carboxylic acids is 1. The van der Waals surface area contributed by atoms with Crippen molar-refractivity contribution < 1.29 is 4.79 Å². The van der Waals surface area contributed by atoms with Crippen LogP contribution in [0.25, 0.3) is 11.3 Å². The van der Waals surface area contributed by atoms with Crippen LogP contribution in [0.2, 0.25) is 0 Å². The summed E-state index contributed by atoms with van der Waals surface area (Å²) >= 11 is 3.39. The predicted molar refractivity (Wildman–Crippen MR) is 71.6 cm³/mol. The first-order valence-corrected chi connectivity index (χ1v) is 6.01. The van der Waals surface area contributed by atoms with Gasteiger partial charge in [-0.3, -0.25) is 10.2 Å². The smallest absolute Gasteiger partial charge is 0.268 e. The molecule has 3 N–H and O–H groups in total. The first-order chi connectivity index (χ1) is 8.61. The maximum Gasteiger partial charge on any atom is 0.268 e. The van der Waals surface area contributed by atoms with Crippen LogP contribution < -0.4 is 11.3 Å². The number of nitrogens with zero attached hydrogens (tertiary/aromatic N) is 2. The number of aromatic nitrogens is 2. The van der Waals surface area contributed by atoms with E-state index < -0.39 is 5.91 Å². The highest BCUT2D eigenvalue weighted by molar-refractivity contribution is 9.10. The Hall–Kier alpha value is -1.79. The second-order valence-corrected chi connectivity index (χ2v) is 4.58. The summed E-state index contributed by atoms with van der Waals surface area (Å²) in [6, 6.07) is 7.54. The van der Waals surface area contributed by atoms with Gasteiger partial charge in [-0.2, -0.15) is 0 Å². The summed E-state index contributed by atoms with van der Waals surface area (Å²) in [5.41, 5.74) is 3.83. The van der Waals surface area contributed by atoms with Crippen molar-refractivity contribution in [3.63, 3.8) is 0 Å². The number of hydrogen-bond donors (Lipinski definition) is 2. The van der Waals surface area contributed by atoms with E-state index in [-0.39, 0.29) is 0 Å². The SMILES string of the molecule is Cc1ncc(C(=O)NN)c(-c2cccc(Br)c2)n1. The Morgan fingerprint density at radius 3 is 2.89 bits per heavy atom. The maximum atomic E-state index is 11.7. The number of benzene rings is 1. The van der Waals surface area contributed by atoms with Crippen LogP contribution in [0.15, 0.2) is 34.9 Å². The van der Waals surface area contributed by atoms with Gasteiger partial charge in [-0.15, -0.1) is 0 Å². The van der Waals surface area contributed by atoms with Crippen LogP contribution in [-0.2, 0) is 0 Å². The third-order valence-electron chi connectivity index (χ3n) is 2.38. The fraction of sp³-hybridized carbons (Fsp3) is 0.0833. The van der Waals surface area contributed by atoms with Crippen molar-refractivity contribution in [2.75, 3.05) is 0 Å². The Morgan fingerprint density at radius 2 is 2.22 bits per heavy atom. The van der Waals surface area contributed by atoms with Gasteiger partial charge in [-0.1, -0.05) is 28.1 Å². The van der Waals surface area contributed by atoms with Crippen molar-refractivity contribution in [1.82, 2.24) is 15.4 Å². The van der Waals surface area contributed by atoms with Crippen LogP contribution in [0.4, 0.5) is 0 Å². The molecule has 0 aliphatic carbocycles. The topological polar surface area (TPSA) is 80.9 Å². The summed E-state index contributed by atoms with van der Waals surface area (Å²) in [6.45, 7) is 1.77. The molecule has 0 fully saturated rings. The molecule has 0 spiro atoms. The van der Waals surface area contributed by atoms with Crippen LogP contribution >= 0.6 is 15.9 Å². The number of nitrogens with one attached hydrogen (secondary N) is 1. The molecule has 0 atom stereocenters. The molecular weight excluding hydrogens is 296 g/mol. The normalized spacial score (nSPS) is 10.2. The zero-order chi connectivity index (χ0) is 13.1. The number of hydrazine groups is 1. The fourth-order valence-corrected chi connectivity index (χ4v) is 1.97. The molecule has 1 aromatic heterocycles. The molecule has 2 aromatic rings. The third-order valence-corrected chi connectivity index (χ3v) is 2.88. The number of nitrogens with two attached hydrogens (primary N) is 1. The minimum atomic E-state index is -0.412. The largest absolute Gasteiger partial charge is 0.290 e. The lowest BCUT2D eigenvalue weighted by atomic mass is 10.1. The average molecular weight is 307 g/mol. The minimum absolute atomic E-state index is 0.348. The molecule has 0 saturated heterocycles. The zero-order valence-corrected chi connectivity index (χ0v) is 11.2. The van der Waals surface area contributed by atoms with E-state index in [1.807, 2.05) is 24.3 Å². The first kappa shape index (κ1) is 12.7. The standard InChI is InChI=1S/C12H11BrN4O/c1-7-15-6-10(12(18)17-14)11(16-7)8-3-2-4-9(13)5-8/h2-6H,14H2,1H3,(H,17,18). The van der Waals surface area contributed by atoms with Crippen LogP contribution in [0.1, 0.15) is 16.2 Å². The maximum absolute atomic E-state index is 11.7. The average Bonchev–Trinajstić information content (AvgIpc) is 2.38. The summed E-state index contributed by atoms with van der Waals surface area (Å²) < 4.78 is 0.912. The molecule has 0 bridgehead atoms. The van der Waals surface area contributed by atoms with Crippen LogP contribution in [-0.4, -0.2) is 15.9 Å². The Morgan fingerprint density at radius 1 is 1.44 bits per heavy atom. The number of carbonyl (C=O) groups is 1. The second kappa shape index (κ2) is 5.24. The summed E-state index contributed by atoms with van der Waals surface area (Å²) in [5.74, 6) is 5.34. The molecule has 6 heteroatoms. The Labute approximate surface area is 113 Å². The molecule has 1 heterocycles. The van der Waals surface area contributed by atoms with Crippen molar-refractivity contribution >= 4 is 21.8 Å². The lowest BCUT2D eigenvalue weighted by Crippen LogP contribution is -2.30. The number of nitrogen functional groups attached to an aromatic ring is 1. The zero-order valence-electron chi connectivity index (χ0n) is 9.64. The molecule has 0 saturated carbocycles. The summed E-state index contributed by atoms with van der Waals surface area (Å²) in [7, 11) is 0. The second-order valence-electron chi connectivity index (χ2n) is 3.66. The van der Waals surface area contributed by atoms with Crippen molar-refractivity contribution in [3.8, 4) is 11.3 Å². The van der Waals surface area contributed by atoms with Crippen molar-refractivity contribution in [3.05, 3.63) is 46.3 Å². The number of halogens is 1. The summed E-state index contributed by atoms with van der Waals surface area (Å²) in [6.07, 6.45) is 1.47. The molecule has 0 unspecified atom stereocenters. The molecule has 0 radical (unpaired) electrons. The van der Waals surface area contributed by atoms with Gasteiger partial charge >= 0.3 is 0 Å². The number of hydrogen-bond acceptors (Lipinski definition) is 4. The van der Waals surface area contributed by atoms with Gasteiger partial charge in [0.05, 0.1) is 11.3 Å². The van der Waals surface area contributed by atoms with Gasteiger partial charge in [0.1, 0.15) is 5.82 Å². The number of amides is 1. The van der Waals surface area contributed by atoms with Crippen molar-refractivity contribution in [2.45, 2.75) is 6.92 Å². The Kier molecular flexibility index (Phi) is 3.69. The number of rotatable bonds is 2. The molecule has 2 rings (SSSR count). The molecule has 18 heavy (non-hydrogen) atoms. The quantitative estimate of drug-likeness (QED) is 0.504. The van der Waals surface area contributed by atoms with Gasteiger partial charge in [0.25, 0.3) is 5.91 Å². The van der Waals surface area contributed by atoms with E-state index in [1.54, 1.807) is 6.92 Å². The molecule has 1 aromatic carbocycles. The van der Waals surface area contributed by atoms with E-state index in [0.29, 0.717) is 17.1 Å². The van der Waals surface area contributed by atoms with Gasteiger partial charge in [0, 0.05) is 16.2 Å². The fourth-order valence-electron chi connectivity index (χ4n) is 1.57. The first-order valence-electron chi connectivity index (χ1n) is 5.22. The molecule has 0 aliphatic rings. The van der Waals surface area contributed by atoms with E-state index in [0.717, 1.165) is 10.0 Å². The van der Waals surface area contributed by atoms with E-state index in [4.69, 9.17) is 5.84 Å². The number of aryl methyl sites for hydroxylation is 1. The highest BCUT2D eigenvalue weighted by atomic mass is 79.9. The van der Waals surface area contributed by atoms with Gasteiger partial charge in [-0.05, 0) is 19.1 Å². The van der Waals surface area contributed by atoms with E-state index in [9.17, 15) is 4.79 Å². The molecule has 5 nitrogen and oxygen atoms in total. The molecule has 0 aliphatic heterocycles. The van der Waals surface area contributed by atoms with Gasteiger partial charge < -0.3 is 0 Å². The van der Waals surface area contributed by atoms with Crippen LogP contribution in [0, 0.1) is 6.92 Å². The lowest BCUT2D eigenvalue weighted by Gasteiger charge is -2.08. The summed E-state index contributed by atoms with van der Waals surface area (Å²) in [4.78, 5) is 20.0. The van der Waals surface area contributed by atoms with E-state index in [1.165, 1.54) is 6.20 Å². The highest BCUT2D eigenvalue weighted by Gasteiger charge is 2.14. The van der Waals surface area contributed by atoms with Crippen LogP contribution in [0.3, 0.4) is 0 Å². The van der Waals surface area contributed by atoms with Crippen molar-refractivity contribution in [2.24, 2.45) is 5.84 Å². The Bertz CT molecular complexity index is 600. The minimum Gasteiger partial charge on any atom is -0.290 e. The van der Waals surface area contributed by atoms with E-state index in [2.05, 4.69) is 31.3 Å². The monoisotopic (exact) mass is 306 g/mol. The molecular formula is C12H11BrN4O.